The molecule has 1 unspecified atom stereocenters. The number of hydrogen-bond acceptors (Lipinski definition) is 3. The van der Waals surface area contributed by atoms with Crippen LogP contribution in [0.5, 0.6) is 0 Å². The highest BCUT2D eigenvalue weighted by atomic mass is 15.2. The van der Waals surface area contributed by atoms with E-state index in [1.54, 1.807) is 0 Å². The Hall–Kier alpha value is -0.570. The predicted molar refractivity (Wildman–Crippen MR) is 55.2 cm³/mol. The van der Waals surface area contributed by atoms with Crippen molar-refractivity contribution >= 4 is 5.84 Å². The second kappa shape index (κ2) is 4.09. The molecule has 0 bridgehead atoms. The minimum atomic E-state index is 0.761. The number of rotatable bonds is 3. The van der Waals surface area contributed by atoms with Gasteiger partial charge >= 0.3 is 0 Å². The summed E-state index contributed by atoms with van der Waals surface area (Å²) in [5.74, 6) is 1.31. The summed E-state index contributed by atoms with van der Waals surface area (Å²) in [4.78, 5) is 6.78. The Bertz CT molecular complexity index is 194. The molecule has 1 fully saturated rings. The molecule has 3 nitrogen and oxygen atoms in total. The smallest absolute Gasteiger partial charge is 0.0988 e. The van der Waals surface area contributed by atoms with Gasteiger partial charge in [-0.25, -0.2) is 0 Å². The number of nitrogens with one attached hydrogen (secondary N) is 1. The van der Waals surface area contributed by atoms with Gasteiger partial charge in [0.2, 0.25) is 0 Å². The first kappa shape index (κ1) is 9.00. The molecule has 74 valence electrons. The first-order valence-electron chi connectivity index (χ1n) is 5.34. The van der Waals surface area contributed by atoms with Gasteiger partial charge in [0, 0.05) is 26.1 Å². The van der Waals surface area contributed by atoms with Crippen molar-refractivity contribution in [3.8, 4) is 0 Å². The fourth-order valence-corrected chi connectivity index (χ4v) is 2.16. The largest absolute Gasteiger partial charge is 0.362 e. The van der Waals surface area contributed by atoms with Crippen LogP contribution in [0.2, 0.25) is 0 Å². The Morgan fingerprint density at radius 3 is 3.15 bits per heavy atom. The van der Waals surface area contributed by atoms with Gasteiger partial charge in [0.1, 0.15) is 0 Å². The van der Waals surface area contributed by atoms with Crippen molar-refractivity contribution in [1.82, 2.24) is 10.2 Å². The quantitative estimate of drug-likeness (QED) is 0.699. The average Bonchev–Trinajstić information content (AvgIpc) is 2.72. The molecule has 0 saturated carbocycles. The lowest BCUT2D eigenvalue weighted by molar-refractivity contribution is 0.519. The second-order valence-electron chi connectivity index (χ2n) is 4.05. The second-order valence-corrected chi connectivity index (χ2v) is 4.05. The predicted octanol–water partition coefficient (Wildman–Crippen LogP) is 0.862. The first-order valence-corrected chi connectivity index (χ1v) is 5.34. The van der Waals surface area contributed by atoms with Crippen LogP contribution in [-0.4, -0.2) is 43.5 Å². The van der Waals surface area contributed by atoms with Crippen LogP contribution in [-0.2, 0) is 0 Å². The maximum Gasteiger partial charge on any atom is 0.0988 e. The van der Waals surface area contributed by atoms with Crippen LogP contribution in [0.15, 0.2) is 4.99 Å². The van der Waals surface area contributed by atoms with Crippen LogP contribution in [0.3, 0.4) is 0 Å². The molecular formula is C10H19N3. The Kier molecular flexibility index (Phi) is 2.83. The standard InChI is InChI=1S/C10H19N3/c1-13-8-7-12-10(13)5-4-9-3-2-6-11-9/h9,11H,2-8H2,1H3. The molecule has 0 aromatic carbocycles. The highest BCUT2D eigenvalue weighted by molar-refractivity contribution is 5.83. The summed E-state index contributed by atoms with van der Waals surface area (Å²) in [7, 11) is 2.15. The van der Waals surface area contributed by atoms with Crippen molar-refractivity contribution < 1.29 is 0 Å². The van der Waals surface area contributed by atoms with Gasteiger partial charge in [-0.2, -0.15) is 0 Å². The summed E-state index contributed by atoms with van der Waals surface area (Å²) in [6.07, 6.45) is 5.14. The highest BCUT2D eigenvalue weighted by Gasteiger charge is 2.17. The van der Waals surface area contributed by atoms with E-state index in [9.17, 15) is 0 Å². The fraction of sp³-hybridized carbons (Fsp3) is 0.900. The lowest BCUT2D eigenvalue weighted by Gasteiger charge is -2.15. The van der Waals surface area contributed by atoms with E-state index in [2.05, 4.69) is 22.3 Å². The zero-order valence-corrected chi connectivity index (χ0v) is 8.42. The number of nitrogens with zero attached hydrogens (tertiary/aromatic N) is 2. The molecule has 1 atom stereocenters. The van der Waals surface area contributed by atoms with Gasteiger partial charge in [0.15, 0.2) is 0 Å². The average molecular weight is 181 g/mol. The summed E-state index contributed by atoms with van der Waals surface area (Å²) in [5, 5.41) is 3.52. The van der Waals surface area contributed by atoms with E-state index in [0.717, 1.165) is 25.6 Å². The van der Waals surface area contributed by atoms with Crippen LogP contribution in [0.4, 0.5) is 0 Å². The van der Waals surface area contributed by atoms with Crippen LogP contribution >= 0.6 is 0 Å². The van der Waals surface area contributed by atoms with Crippen molar-refractivity contribution in [3.05, 3.63) is 0 Å². The molecule has 0 amide bonds. The van der Waals surface area contributed by atoms with Gasteiger partial charge in [-0.05, 0) is 25.8 Å². The molecule has 0 aliphatic carbocycles. The molecule has 2 heterocycles. The zero-order valence-electron chi connectivity index (χ0n) is 8.42. The topological polar surface area (TPSA) is 27.6 Å². The minimum Gasteiger partial charge on any atom is -0.362 e. The molecule has 0 radical (unpaired) electrons. The van der Waals surface area contributed by atoms with Crippen LogP contribution in [0, 0.1) is 0 Å². The maximum absolute atomic E-state index is 4.49. The molecule has 0 spiro atoms. The number of likely N-dealkylation sites (N-methyl/N-ethyl adjacent to an activating group) is 1. The van der Waals surface area contributed by atoms with Crippen molar-refractivity contribution in [2.75, 3.05) is 26.7 Å². The Labute approximate surface area is 80.2 Å². The molecule has 13 heavy (non-hydrogen) atoms. The summed E-state index contributed by atoms with van der Waals surface area (Å²) in [5.41, 5.74) is 0. The van der Waals surface area contributed by atoms with E-state index < -0.39 is 0 Å². The molecule has 3 heteroatoms. The highest BCUT2D eigenvalue weighted by Crippen LogP contribution is 2.13. The van der Waals surface area contributed by atoms with Gasteiger partial charge in [0.05, 0.1) is 12.4 Å². The van der Waals surface area contributed by atoms with Crippen molar-refractivity contribution in [2.45, 2.75) is 31.7 Å². The van der Waals surface area contributed by atoms with E-state index in [0.29, 0.717) is 0 Å². The lowest BCUT2D eigenvalue weighted by Crippen LogP contribution is -2.26. The summed E-state index contributed by atoms with van der Waals surface area (Å²) in [6, 6.07) is 0.761. The van der Waals surface area contributed by atoms with E-state index in [4.69, 9.17) is 0 Å². The van der Waals surface area contributed by atoms with Crippen molar-refractivity contribution in [3.63, 3.8) is 0 Å². The monoisotopic (exact) mass is 181 g/mol. The Balaban J connectivity index is 1.72. The molecule has 0 aromatic rings. The van der Waals surface area contributed by atoms with Gasteiger partial charge in [-0.1, -0.05) is 0 Å². The van der Waals surface area contributed by atoms with E-state index in [1.165, 1.54) is 31.6 Å². The summed E-state index contributed by atoms with van der Waals surface area (Å²) < 4.78 is 0. The number of amidine groups is 1. The number of aliphatic imine (C=N–C) groups is 1. The molecule has 1 N–H and O–H groups in total. The minimum absolute atomic E-state index is 0.761. The van der Waals surface area contributed by atoms with Crippen molar-refractivity contribution in [1.29, 1.82) is 0 Å². The Morgan fingerprint density at radius 2 is 2.54 bits per heavy atom. The van der Waals surface area contributed by atoms with Gasteiger partial charge in [0.25, 0.3) is 0 Å². The van der Waals surface area contributed by atoms with Gasteiger partial charge < -0.3 is 10.2 Å². The molecule has 1 saturated heterocycles. The maximum atomic E-state index is 4.49. The van der Waals surface area contributed by atoms with Crippen LogP contribution in [0.1, 0.15) is 25.7 Å². The lowest BCUT2D eigenvalue weighted by atomic mass is 10.1. The molecule has 2 aliphatic rings. The third-order valence-corrected chi connectivity index (χ3v) is 3.05. The molecule has 2 rings (SSSR count). The SMILES string of the molecule is CN1CCN=C1CCC1CCCN1. The first-order chi connectivity index (χ1) is 6.36. The summed E-state index contributed by atoms with van der Waals surface area (Å²) >= 11 is 0. The summed E-state index contributed by atoms with van der Waals surface area (Å²) in [6.45, 7) is 3.34. The number of hydrogen-bond donors (Lipinski definition) is 1. The van der Waals surface area contributed by atoms with E-state index in [-0.39, 0.29) is 0 Å². The van der Waals surface area contributed by atoms with Crippen LogP contribution in [0.25, 0.3) is 0 Å². The van der Waals surface area contributed by atoms with E-state index in [1.807, 2.05) is 0 Å². The molecular weight excluding hydrogens is 162 g/mol. The van der Waals surface area contributed by atoms with E-state index >= 15 is 0 Å². The van der Waals surface area contributed by atoms with Gasteiger partial charge in [-0.15, -0.1) is 0 Å². The normalized spacial score (nSPS) is 28.2. The van der Waals surface area contributed by atoms with Crippen molar-refractivity contribution in [2.24, 2.45) is 4.99 Å². The third-order valence-electron chi connectivity index (χ3n) is 3.05. The van der Waals surface area contributed by atoms with Crippen LogP contribution < -0.4 is 5.32 Å². The zero-order chi connectivity index (χ0) is 9.10. The van der Waals surface area contributed by atoms with Gasteiger partial charge in [-0.3, -0.25) is 4.99 Å². The fourth-order valence-electron chi connectivity index (χ4n) is 2.16. The Morgan fingerprint density at radius 1 is 1.62 bits per heavy atom. The molecule has 2 aliphatic heterocycles. The molecule has 0 aromatic heterocycles. The third kappa shape index (κ3) is 2.21.